The van der Waals surface area contributed by atoms with E-state index in [4.69, 9.17) is 4.74 Å². The monoisotopic (exact) mass is 479 g/mol. The Labute approximate surface area is 203 Å². The first-order valence-corrected chi connectivity index (χ1v) is 13.0. The third-order valence-corrected chi connectivity index (χ3v) is 5.43. The fourth-order valence-corrected chi connectivity index (χ4v) is 3.53. The van der Waals surface area contributed by atoms with Gasteiger partial charge in [-0.25, -0.2) is 4.79 Å². The number of thioether (sulfide) groups is 1. The van der Waals surface area contributed by atoms with Crippen molar-refractivity contribution in [3.63, 3.8) is 0 Å². The van der Waals surface area contributed by atoms with Crippen LogP contribution < -0.4 is 16.0 Å². The van der Waals surface area contributed by atoms with Crippen molar-refractivity contribution in [2.24, 2.45) is 5.92 Å². The number of benzene rings is 1. The van der Waals surface area contributed by atoms with Gasteiger partial charge in [0.25, 0.3) is 0 Å². The molecule has 1 aromatic carbocycles. The molecule has 1 atom stereocenters. The van der Waals surface area contributed by atoms with Crippen LogP contribution in [0.2, 0.25) is 0 Å². The van der Waals surface area contributed by atoms with E-state index in [9.17, 15) is 14.4 Å². The number of hydrogen-bond acceptors (Lipinski definition) is 5. The van der Waals surface area contributed by atoms with E-state index in [0.29, 0.717) is 43.8 Å². The average Bonchev–Trinajstić information content (AvgIpc) is 2.70. The molecule has 0 radical (unpaired) electrons. The lowest BCUT2D eigenvalue weighted by molar-refractivity contribution is -0.121. The average molecular weight is 480 g/mol. The lowest BCUT2D eigenvalue weighted by atomic mass is 10.0. The van der Waals surface area contributed by atoms with Crippen LogP contribution in [0.4, 0.5) is 10.5 Å². The van der Waals surface area contributed by atoms with E-state index in [1.165, 1.54) is 0 Å². The van der Waals surface area contributed by atoms with Crippen LogP contribution in [0, 0.1) is 5.92 Å². The van der Waals surface area contributed by atoms with Crippen molar-refractivity contribution < 1.29 is 19.1 Å². The van der Waals surface area contributed by atoms with Crippen LogP contribution in [0.1, 0.15) is 65.9 Å². The van der Waals surface area contributed by atoms with Crippen molar-refractivity contribution in [1.29, 1.82) is 0 Å². The molecule has 8 heteroatoms. The molecule has 0 saturated heterocycles. The Kier molecular flexibility index (Phi) is 13.0. The molecule has 1 rings (SSSR count). The van der Waals surface area contributed by atoms with Crippen LogP contribution >= 0.6 is 11.8 Å². The second-order valence-corrected chi connectivity index (χ2v) is 10.5. The number of para-hydroxylation sites is 1. The van der Waals surface area contributed by atoms with E-state index in [2.05, 4.69) is 29.8 Å². The number of aryl methyl sites for hydroxylation is 1. The molecule has 0 saturated carbocycles. The molecule has 3 N–H and O–H groups in total. The maximum absolute atomic E-state index is 13.0. The molecule has 0 aromatic heterocycles. The molecule has 0 heterocycles. The van der Waals surface area contributed by atoms with Crippen LogP contribution in [0.5, 0.6) is 0 Å². The first-order chi connectivity index (χ1) is 15.5. The Bertz CT molecular complexity index is 762. The molecule has 186 valence electrons. The third kappa shape index (κ3) is 13.2. The third-order valence-electron chi connectivity index (χ3n) is 4.79. The number of rotatable bonds is 13. The second-order valence-electron chi connectivity index (χ2n) is 9.51. The first-order valence-electron chi connectivity index (χ1n) is 11.7. The first kappa shape index (κ1) is 28.8. The highest BCUT2D eigenvalue weighted by Gasteiger charge is 2.24. The van der Waals surface area contributed by atoms with Gasteiger partial charge < -0.3 is 20.7 Å². The topological polar surface area (TPSA) is 96.5 Å². The summed E-state index contributed by atoms with van der Waals surface area (Å²) in [6, 6.07) is 6.86. The summed E-state index contributed by atoms with van der Waals surface area (Å²) in [6.45, 7) is 10.3. The Hall–Kier alpha value is -2.22. The van der Waals surface area contributed by atoms with Gasteiger partial charge in [0.2, 0.25) is 11.8 Å². The van der Waals surface area contributed by atoms with Crippen molar-refractivity contribution in [3.05, 3.63) is 29.8 Å². The minimum atomic E-state index is -0.702. The van der Waals surface area contributed by atoms with Crippen LogP contribution in [-0.2, 0) is 20.7 Å². The van der Waals surface area contributed by atoms with Gasteiger partial charge in [-0.15, -0.1) is 0 Å². The number of carbonyl (C=O) groups excluding carboxylic acids is 3. The van der Waals surface area contributed by atoms with Gasteiger partial charge >= 0.3 is 6.09 Å². The summed E-state index contributed by atoms with van der Waals surface area (Å²) in [5.41, 5.74) is 1.02. The maximum atomic E-state index is 13.0. The van der Waals surface area contributed by atoms with Crippen molar-refractivity contribution in [2.45, 2.75) is 78.4 Å². The van der Waals surface area contributed by atoms with Crippen LogP contribution in [0.25, 0.3) is 0 Å². The molecule has 0 aliphatic carbocycles. The summed E-state index contributed by atoms with van der Waals surface area (Å²) in [7, 11) is 0. The molecule has 0 aliphatic heterocycles. The van der Waals surface area contributed by atoms with Gasteiger partial charge in [0.1, 0.15) is 11.6 Å². The van der Waals surface area contributed by atoms with E-state index in [1.807, 2.05) is 30.5 Å². The molecular weight excluding hydrogens is 438 g/mol. The Balaban J connectivity index is 2.69. The van der Waals surface area contributed by atoms with E-state index >= 15 is 0 Å². The number of amides is 3. The molecule has 0 spiro atoms. The summed E-state index contributed by atoms with van der Waals surface area (Å²) in [6.07, 6.45) is 4.60. The van der Waals surface area contributed by atoms with E-state index in [-0.39, 0.29) is 11.8 Å². The van der Waals surface area contributed by atoms with Gasteiger partial charge in [0.15, 0.2) is 0 Å². The quantitative estimate of drug-likeness (QED) is 0.379. The molecule has 33 heavy (non-hydrogen) atoms. The molecule has 0 aliphatic rings. The van der Waals surface area contributed by atoms with Crippen LogP contribution in [0.15, 0.2) is 24.3 Å². The highest BCUT2D eigenvalue weighted by atomic mass is 32.2. The van der Waals surface area contributed by atoms with E-state index in [0.717, 1.165) is 17.7 Å². The van der Waals surface area contributed by atoms with Crippen LogP contribution in [0.3, 0.4) is 0 Å². The summed E-state index contributed by atoms with van der Waals surface area (Å²) in [4.78, 5) is 37.2. The minimum absolute atomic E-state index is 0.0517. The molecule has 7 nitrogen and oxygen atoms in total. The number of anilines is 1. The van der Waals surface area contributed by atoms with E-state index < -0.39 is 17.7 Å². The van der Waals surface area contributed by atoms with Gasteiger partial charge in [-0.3, -0.25) is 9.59 Å². The summed E-state index contributed by atoms with van der Waals surface area (Å²) >= 11 is 1.61. The lowest BCUT2D eigenvalue weighted by Crippen LogP contribution is -2.46. The summed E-state index contributed by atoms with van der Waals surface area (Å²) in [5.74, 6) is 1.05. The summed E-state index contributed by atoms with van der Waals surface area (Å²) < 4.78 is 5.31. The van der Waals surface area contributed by atoms with Crippen LogP contribution in [-0.4, -0.2) is 48.1 Å². The summed E-state index contributed by atoms with van der Waals surface area (Å²) in [5, 5.41) is 8.60. The fourth-order valence-electron chi connectivity index (χ4n) is 3.06. The lowest BCUT2D eigenvalue weighted by Gasteiger charge is -2.23. The van der Waals surface area contributed by atoms with Crippen molar-refractivity contribution in [2.75, 3.05) is 23.9 Å². The van der Waals surface area contributed by atoms with Gasteiger partial charge in [-0.05, 0) is 76.0 Å². The zero-order chi connectivity index (χ0) is 24.9. The predicted molar refractivity (Wildman–Crippen MR) is 137 cm³/mol. The van der Waals surface area contributed by atoms with Gasteiger partial charge in [0, 0.05) is 18.7 Å². The fraction of sp³-hybridized carbons (Fsp3) is 0.640. The largest absolute Gasteiger partial charge is 0.444 e. The minimum Gasteiger partial charge on any atom is -0.444 e. The van der Waals surface area contributed by atoms with E-state index in [1.54, 1.807) is 32.5 Å². The maximum Gasteiger partial charge on any atom is 0.408 e. The Morgan fingerprint density at radius 3 is 2.42 bits per heavy atom. The number of carbonyl (C=O) groups is 3. The van der Waals surface area contributed by atoms with Crippen molar-refractivity contribution in [3.8, 4) is 0 Å². The number of alkyl carbamates (subject to hydrolysis) is 1. The molecule has 3 amide bonds. The Morgan fingerprint density at radius 1 is 1.09 bits per heavy atom. The van der Waals surface area contributed by atoms with Gasteiger partial charge in [-0.2, -0.15) is 11.8 Å². The van der Waals surface area contributed by atoms with Crippen molar-refractivity contribution in [1.82, 2.24) is 10.6 Å². The molecule has 0 fully saturated rings. The van der Waals surface area contributed by atoms with Gasteiger partial charge in [0.05, 0.1) is 0 Å². The number of nitrogens with one attached hydrogen (secondary N) is 3. The molecule has 1 aromatic rings. The van der Waals surface area contributed by atoms with Crippen molar-refractivity contribution >= 4 is 35.4 Å². The molecule has 0 unspecified atom stereocenters. The highest BCUT2D eigenvalue weighted by molar-refractivity contribution is 7.98. The number of ether oxygens (including phenoxy) is 1. The smallest absolute Gasteiger partial charge is 0.408 e. The molecular formula is C25H41N3O4S. The second kappa shape index (κ2) is 14.8. The Morgan fingerprint density at radius 2 is 1.79 bits per heavy atom. The highest BCUT2D eigenvalue weighted by Crippen LogP contribution is 2.19. The zero-order valence-corrected chi connectivity index (χ0v) is 21.8. The number of hydrogen-bond donors (Lipinski definition) is 3. The standard InChI is InChI=1S/C25H41N3O4S/c1-18(2)14-16-26-22(29)13-9-11-19-10-7-8-12-20(19)27-23(30)21(15-17-33-6)28-24(31)32-25(3,4)5/h7-8,10,12,18,21H,9,11,13-17H2,1-6H3,(H,26,29)(H,27,30)(H,28,31)/t21-/m1/s1. The van der Waals surface area contributed by atoms with Gasteiger partial charge in [-0.1, -0.05) is 32.0 Å². The predicted octanol–water partition coefficient (Wildman–Crippen LogP) is 4.76. The normalized spacial score (nSPS) is 12.2. The SMILES string of the molecule is CSCC[C@@H](NC(=O)OC(C)(C)C)C(=O)Nc1ccccc1CCCC(=O)NCCC(C)C. The zero-order valence-electron chi connectivity index (χ0n) is 21.0. The molecule has 0 bridgehead atoms.